The van der Waals surface area contributed by atoms with Crippen molar-refractivity contribution in [2.75, 3.05) is 13.1 Å². The number of aliphatic imine (C=N–C) groups is 1. The number of halogens is 1. The molecule has 1 heterocycles. The van der Waals surface area contributed by atoms with E-state index in [-0.39, 0.29) is 24.4 Å². The molecule has 0 aromatic heterocycles. The molecule has 0 spiro atoms. The van der Waals surface area contributed by atoms with Gasteiger partial charge in [0, 0.05) is 5.92 Å². The third kappa shape index (κ3) is 3.73. The molecule has 1 aromatic rings. The topological polar surface area (TPSA) is 70.9 Å². The highest BCUT2D eigenvalue weighted by Crippen LogP contribution is 2.41. The molecular weight excluding hydrogens is 328 g/mol. The SMILES string of the molecule is CC1=NCC(OC(=O)C(O)(c2ccccc2)C2CCCC2)CN1.Cl. The summed E-state index contributed by atoms with van der Waals surface area (Å²) in [7, 11) is 0. The first kappa shape index (κ1) is 18.7. The predicted molar refractivity (Wildman–Crippen MR) is 95.4 cm³/mol. The molecular formula is C18H25ClN2O3. The largest absolute Gasteiger partial charge is 0.456 e. The Bertz CT molecular complexity index is 587. The predicted octanol–water partition coefficient (Wildman–Crippen LogP) is 2.42. The number of benzene rings is 1. The van der Waals surface area contributed by atoms with E-state index in [1.165, 1.54) is 0 Å². The Hall–Kier alpha value is -1.59. The van der Waals surface area contributed by atoms with Crippen molar-refractivity contribution in [1.82, 2.24) is 5.32 Å². The lowest BCUT2D eigenvalue weighted by Gasteiger charge is -2.34. The van der Waals surface area contributed by atoms with Gasteiger partial charge in [-0.3, -0.25) is 4.99 Å². The first-order valence-corrected chi connectivity index (χ1v) is 8.34. The van der Waals surface area contributed by atoms with Crippen LogP contribution < -0.4 is 5.32 Å². The van der Waals surface area contributed by atoms with E-state index in [1.54, 1.807) is 12.1 Å². The van der Waals surface area contributed by atoms with Crippen molar-refractivity contribution in [2.24, 2.45) is 10.9 Å². The molecule has 0 bridgehead atoms. The molecule has 0 saturated heterocycles. The lowest BCUT2D eigenvalue weighted by molar-refractivity contribution is -0.178. The van der Waals surface area contributed by atoms with E-state index >= 15 is 0 Å². The van der Waals surface area contributed by atoms with Crippen LogP contribution in [0.25, 0.3) is 0 Å². The maximum absolute atomic E-state index is 12.9. The van der Waals surface area contributed by atoms with Crippen LogP contribution in [0.1, 0.15) is 38.2 Å². The van der Waals surface area contributed by atoms with E-state index in [9.17, 15) is 9.90 Å². The van der Waals surface area contributed by atoms with E-state index < -0.39 is 11.6 Å². The first-order chi connectivity index (χ1) is 11.1. The number of hydrogen-bond donors (Lipinski definition) is 2. The average molecular weight is 353 g/mol. The van der Waals surface area contributed by atoms with Crippen LogP contribution in [0.2, 0.25) is 0 Å². The zero-order valence-corrected chi connectivity index (χ0v) is 14.7. The fourth-order valence-electron chi connectivity index (χ4n) is 3.50. The van der Waals surface area contributed by atoms with Gasteiger partial charge < -0.3 is 15.2 Å². The van der Waals surface area contributed by atoms with Crippen LogP contribution in [0, 0.1) is 5.92 Å². The first-order valence-electron chi connectivity index (χ1n) is 8.34. The highest BCUT2D eigenvalue weighted by molar-refractivity contribution is 5.85. The second-order valence-electron chi connectivity index (χ2n) is 6.45. The lowest BCUT2D eigenvalue weighted by Crippen LogP contribution is -2.48. The van der Waals surface area contributed by atoms with Crippen LogP contribution >= 0.6 is 12.4 Å². The molecule has 2 aliphatic rings. The number of nitrogens with one attached hydrogen (secondary N) is 1. The van der Waals surface area contributed by atoms with Gasteiger partial charge in [0.15, 0.2) is 5.60 Å². The molecule has 1 saturated carbocycles. The zero-order valence-electron chi connectivity index (χ0n) is 13.9. The minimum absolute atomic E-state index is 0. The Morgan fingerprint density at radius 2 is 1.96 bits per heavy atom. The van der Waals surface area contributed by atoms with Gasteiger partial charge in [-0.25, -0.2) is 4.79 Å². The van der Waals surface area contributed by atoms with Crippen molar-refractivity contribution in [3.63, 3.8) is 0 Å². The molecule has 1 fully saturated rings. The van der Waals surface area contributed by atoms with Crippen molar-refractivity contribution in [1.29, 1.82) is 0 Å². The summed E-state index contributed by atoms with van der Waals surface area (Å²) in [4.78, 5) is 17.1. The number of hydrogen-bond acceptors (Lipinski definition) is 5. The maximum Gasteiger partial charge on any atom is 0.343 e. The van der Waals surface area contributed by atoms with E-state index in [0.717, 1.165) is 31.5 Å². The minimum atomic E-state index is -1.56. The van der Waals surface area contributed by atoms with Gasteiger partial charge in [-0.15, -0.1) is 12.4 Å². The molecule has 3 rings (SSSR count). The Balaban J connectivity index is 0.00000208. The van der Waals surface area contributed by atoms with E-state index in [1.807, 2.05) is 25.1 Å². The van der Waals surface area contributed by atoms with Crippen molar-refractivity contribution in [2.45, 2.75) is 44.3 Å². The Labute approximate surface area is 148 Å². The second-order valence-corrected chi connectivity index (χ2v) is 6.45. The Morgan fingerprint density at radius 3 is 2.54 bits per heavy atom. The van der Waals surface area contributed by atoms with Gasteiger partial charge in [0.05, 0.1) is 18.9 Å². The van der Waals surface area contributed by atoms with Crippen molar-refractivity contribution < 1.29 is 14.6 Å². The number of rotatable bonds is 4. The molecule has 24 heavy (non-hydrogen) atoms. The van der Waals surface area contributed by atoms with Crippen molar-refractivity contribution in [3.8, 4) is 0 Å². The van der Waals surface area contributed by atoms with Crippen LogP contribution in [-0.2, 0) is 15.1 Å². The summed E-state index contributed by atoms with van der Waals surface area (Å²) in [5, 5.41) is 14.4. The smallest absolute Gasteiger partial charge is 0.343 e. The number of carbonyl (C=O) groups excluding carboxylic acids is 1. The Morgan fingerprint density at radius 1 is 1.29 bits per heavy atom. The summed E-state index contributed by atoms with van der Waals surface area (Å²) in [5.74, 6) is 0.225. The van der Waals surface area contributed by atoms with Crippen LogP contribution in [0.4, 0.5) is 0 Å². The highest BCUT2D eigenvalue weighted by atomic mass is 35.5. The van der Waals surface area contributed by atoms with Gasteiger partial charge in [-0.05, 0) is 25.3 Å². The summed E-state index contributed by atoms with van der Waals surface area (Å²) in [5.41, 5.74) is -0.936. The summed E-state index contributed by atoms with van der Waals surface area (Å²) >= 11 is 0. The molecule has 0 amide bonds. The van der Waals surface area contributed by atoms with E-state index in [4.69, 9.17) is 4.74 Å². The van der Waals surface area contributed by atoms with Gasteiger partial charge in [-0.1, -0.05) is 43.2 Å². The van der Waals surface area contributed by atoms with Gasteiger partial charge in [-0.2, -0.15) is 0 Å². The van der Waals surface area contributed by atoms with Crippen LogP contribution in [0.3, 0.4) is 0 Å². The summed E-state index contributed by atoms with van der Waals surface area (Å²) < 4.78 is 5.61. The standard InChI is InChI=1S/C18H24N2O3.ClH/c1-13-19-11-16(12-20-13)23-17(21)18(22,15-9-5-6-10-15)14-7-3-2-4-8-14;/h2-4,7-8,15-16,22H,5-6,9-12H2,1H3,(H,19,20);1H. The highest BCUT2D eigenvalue weighted by Gasteiger charge is 2.48. The fraction of sp³-hybridized carbons (Fsp3) is 0.556. The molecule has 1 aromatic carbocycles. The summed E-state index contributed by atoms with van der Waals surface area (Å²) in [6, 6.07) is 9.19. The van der Waals surface area contributed by atoms with Crippen LogP contribution in [0.5, 0.6) is 0 Å². The number of ether oxygens (including phenoxy) is 1. The van der Waals surface area contributed by atoms with Crippen molar-refractivity contribution >= 4 is 24.2 Å². The number of aliphatic hydroxyl groups is 1. The van der Waals surface area contributed by atoms with Crippen LogP contribution in [-0.4, -0.2) is 36.1 Å². The van der Waals surface area contributed by atoms with Crippen molar-refractivity contribution in [3.05, 3.63) is 35.9 Å². The fourth-order valence-corrected chi connectivity index (χ4v) is 3.50. The minimum Gasteiger partial charge on any atom is -0.456 e. The molecule has 5 nitrogen and oxygen atoms in total. The normalized spacial score (nSPS) is 23.4. The van der Waals surface area contributed by atoms with Gasteiger partial charge in [0.1, 0.15) is 6.10 Å². The van der Waals surface area contributed by atoms with Crippen LogP contribution in [0.15, 0.2) is 35.3 Å². The van der Waals surface area contributed by atoms with Gasteiger partial charge in [0.2, 0.25) is 0 Å². The molecule has 2 atom stereocenters. The third-order valence-electron chi connectivity index (χ3n) is 4.86. The molecule has 1 aliphatic heterocycles. The third-order valence-corrected chi connectivity index (χ3v) is 4.86. The molecule has 132 valence electrons. The number of nitrogens with zero attached hydrogens (tertiary/aromatic N) is 1. The Kier molecular flexibility index (Phi) is 6.24. The van der Waals surface area contributed by atoms with E-state index in [0.29, 0.717) is 18.7 Å². The number of amidine groups is 1. The van der Waals surface area contributed by atoms with E-state index in [2.05, 4.69) is 10.3 Å². The zero-order chi connectivity index (χ0) is 16.3. The van der Waals surface area contributed by atoms with Gasteiger partial charge in [0.25, 0.3) is 0 Å². The molecule has 6 heteroatoms. The summed E-state index contributed by atoms with van der Waals surface area (Å²) in [6.45, 7) is 2.87. The average Bonchev–Trinajstić information content (AvgIpc) is 3.12. The lowest BCUT2D eigenvalue weighted by atomic mass is 9.80. The number of esters is 1. The summed E-state index contributed by atoms with van der Waals surface area (Å²) in [6.07, 6.45) is 3.45. The number of carbonyl (C=O) groups is 1. The monoisotopic (exact) mass is 352 g/mol. The molecule has 0 radical (unpaired) electrons. The quantitative estimate of drug-likeness (QED) is 0.816. The maximum atomic E-state index is 12.9. The second kappa shape index (κ2) is 7.99. The molecule has 2 N–H and O–H groups in total. The van der Waals surface area contributed by atoms with Gasteiger partial charge >= 0.3 is 5.97 Å². The molecule has 1 aliphatic carbocycles. The molecule has 2 unspecified atom stereocenters.